The first-order valence-electron chi connectivity index (χ1n) is 3.95. The Bertz CT molecular complexity index is 172. The Morgan fingerprint density at radius 1 is 1.40 bits per heavy atom. The van der Waals surface area contributed by atoms with Crippen molar-refractivity contribution < 1.29 is 4.79 Å². The van der Waals surface area contributed by atoms with Crippen LogP contribution in [0.3, 0.4) is 0 Å². The number of carbonyl (C=O) groups excluding carboxylic acids is 1. The summed E-state index contributed by atoms with van der Waals surface area (Å²) in [5.41, 5.74) is 0.187. The number of piperidine rings is 1. The van der Waals surface area contributed by atoms with Crippen LogP contribution in [0, 0.1) is 5.41 Å². The molecule has 0 unspecified atom stereocenters. The quantitative estimate of drug-likeness (QED) is 0.491. The largest absolute Gasteiger partial charge is 0.299 e. The fraction of sp³-hybridized carbons (Fsp3) is 0.875. The van der Waals surface area contributed by atoms with E-state index in [1.54, 1.807) is 0 Å². The predicted molar refractivity (Wildman–Crippen MR) is 38.8 cm³/mol. The highest BCUT2D eigenvalue weighted by Crippen LogP contribution is 2.51. The summed E-state index contributed by atoms with van der Waals surface area (Å²) in [6.07, 6.45) is 3.45. The van der Waals surface area contributed by atoms with Gasteiger partial charge in [0.25, 0.3) is 0 Å². The first-order chi connectivity index (χ1) is 4.73. The van der Waals surface area contributed by atoms with E-state index in [0.717, 1.165) is 13.0 Å². The molecule has 0 aromatic rings. The van der Waals surface area contributed by atoms with E-state index in [1.165, 1.54) is 12.8 Å². The van der Waals surface area contributed by atoms with Gasteiger partial charge in [-0.05, 0) is 32.9 Å². The van der Waals surface area contributed by atoms with Gasteiger partial charge >= 0.3 is 0 Å². The first-order valence-corrected chi connectivity index (χ1v) is 3.95. The third-order valence-corrected chi connectivity index (χ3v) is 2.83. The second-order valence-electron chi connectivity index (χ2n) is 3.69. The number of rotatable bonds is 0. The molecule has 0 N–H and O–H groups in total. The average molecular weight is 139 g/mol. The summed E-state index contributed by atoms with van der Waals surface area (Å²) in [6, 6.07) is 0. The van der Waals surface area contributed by atoms with E-state index in [0.29, 0.717) is 12.3 Å². The number of carbonyl (C=O) groups is 1. The second-order valence-corrected chi connectivity index (χ2v) is 3.69. The lowest BCUT2D eigenvalue weighted by Gasteiger charge is -2.27. The molecule has 0 aromatic carbocycles. The van der Waals surface area contributed by atoms with Gasteiger partial charge in [0.1, 0.15) is 0 Å². The number of ketones is 1. The molecule has 1 saturated heterocycles. The van der Waals surface area contributed by atoms with E-state index in [9.17, 15) is 4.79 Å². The monoisotopic (exact) mass is 139 g/mol. The standard InChI is InChI=1S/C8H13NO/c1-9-5-4-8(2-3-8)7(10)6-9/h2-6H2,1H3. The summed E-state index contributed by atoms with van der Waals surface area (Å²) >= 11 is 0. The Balaban J connectivity index is 2.08. The number of likely N-dealkylation sites (N-methyl/N-ethyl adjacent to an activating group) is 1. The second kappa shape index (κ2) is 1.82. The van der Waals surface area contributed by atoms with E-state index in [2.05, 4.69) is 4.90 Å². The molecule has 2 nitrogen and oxygen atoms in total. The zero-order valence-corrected chi connectivity index (χ0v) is 6.39. The fourth-order valence-electron chi connectivity index (χ4n) is 1.72. The Hall–Kier alpha value is -0.370. The van der Waals surface area contributed by atoms with Crippen LogP contribution in [0.4, 0.5) is 0 Å². The molecule has 0 amide bonds. The third kappa shape index (κ3) is 0.788. The van der Waals surface area contributed by atoms with Crippen molar-refractivity contribution in [3.05, 3.63) is 0 Å². The van der Waals surface area contributed by atoms with Crippen molar-refractivity contribution in [3.8, 4) is 0 Å². The molecule has 1 aliphatic carbocycles. The summed E-state index contributed by atoms with van der Waals surface area (Å²) < 4.78 is 0. The maximum Gasteiger partial charge on any atom is 0.152 e. The highest BCUT2D eigenvalue weighted by Gasteiger charge is 2.50. The van der Waals surface area contributed by atoms with Gasteiger partial charge in [-0.15, -0.1) is 0 Å². The van der Waals surface area contributed by atoms with Gasteiger partial charge in [0.2, 0.25) is 0 Å². The minimum absolute atomic E-state index is 0.187. The van der Waals surface area contributed by atoms with Gasteiger partial charge in [-0.25, -0.2) is 0 Å². The van der Waals surface area contributed by atoms with E-state index in [-0.39, 0.29) is 5.41 Å². The summed E-state index contributed by atoms with van der Waals surface area (Å²) in [6.45, 7) is 1.81. The van der Waals surface area contributed by atoms with Crippen LogP contribution in [-0.2, 0) is 4.79 Å². The van der Waals surface area contributed by atoms with Crippen LogP contribution >= 0.6 is 0 Å². The van der Waals surface area contributed by atoms with Crippen LogP contribution in [0.25, 0.3) is 0 Å². The van der Waals surface area contributed by atoms with Crippen LogP contribution in [0.5, 0.6) is 0 Å². The molecule has 2 aliphatic rings. The normalized spacial score (nSPS) is 31.1. The van der Waals surface area contributed by atoms with Gasteiger partial charge in [0.15, 0.2) is 5.78 Å². The molecular formula is C8H13NO. The minimum Gasteiger partial charge on any atom is -0.299 e. The summed E-state index contributed by atoms with van der Waals surface area (Å²) in [5.74, 6) is 0.487. The zero-order chi connectivity index (χ0) is 7.19. The molecule has 0 aromatic heterocycles. The van der Waals surface area contributed by atoms with Gasteiger partial charge in [0, 0.05) is 5.41 Å². The van der Waals surface area contributed by atoms with E-state index in [4.69, 9.17) is 0 Å². The molecule has 1 heterocycles. The van der Waals surface area contributed by atoms with Crippen molar-refractivity contribution in [2.45, 2.75) is 19.3 Å². The number of hydrogen-bond donors (Lipinski definition) is 0. The van der Waals surface area contributed by atoms with Crippen LogP contribution < -0.4 is 0 Å². The molecular weight excluding hydrogens is 126 g/mol. The molecule has 0 atom stereocenters. The number of likely N-dealkylation sites (tertiary alicyclic amines) is 1. The molecule has 1 spiro atoms. The Morgan fingerprint density at radius 3 is 2.60 bits per heavy atom. The maximum atomic E-state index is 11.3. The van der Waals surface area contributed by atoms with Crippen LogP contribution in [-0.4, -0.2) is 30.8 Å². The molecule has 2 heteroatoms. The predicted octanol–water partition coefficient (Wildman–Crippen LogP) is 0.671. The maximum absolute atomic E-state index is 11.3. The van der Waals surface area contributed by atoms with Crippen molar-refractivity contribution in [1.29, 1.82) is 0 Å². The summed E-state index contributed by atoms with van der Waals surface area (Å²) in [5, 5.41) is 0. The van der Waals surface area contributed by atoms with Gasteiger partial charge in [-0.2, -0.15) is 0 Å². The lowest BCUT2D eigenvalue weighted by atomic mass is 9.93. The molecule has 2 fully saturated rings. The fourth-order valence-corrected chi connectivity index (χ4v) is 1.72. The third-order valence-electron chi connectivity index (χ3n) is 2.83. The Labute approximate surface area is 61.2 Å². The van der Waals surface area contributed by atoms with Crippen molar-refractivity contribution >= 4 is 5.78 Å². The minimum atomic E-state index is 0.187. The lowest BCUT2D eigenvalue weighted by Crippen LogP contribution is -2.39. The number of hydrogen-bond acceptors (Lipinski definition) is 2. The molecule has 1 saturated carbocycles. The molecule has 0 radical (unpaired) electrons. The highest BCUT2D eigenvalue weighted by atomic mass is 16.1. The van der Waals surface area contributed by atoms with Crippen LogP contribution in [0.2, 0.25) is 0 Å². The van der Waals surface area contributed by atoms with E-state index < -0.39 is 0 Å². The number of nitrogens with zero attached hydrogens (tertiary/aromatic N) is 1. The molecule has 0 bridgehead atoms. The van der Waals surface area contributed by atoms with Gasteiger partial charge in [0.05, 0.1) is 6.54 Å². The van der Waals surface area contributed by atoms with Gasteiger partial charge in [-0.1, -0.05) is 0 Å². The Kier molecular flexibility index (Phi) is 1.15. The van der Waals surface area contributed by atoms with Gasteiger partial charge in [-0.3, -0.25) is 9.69 Å². The van der Waals surface area contributed by atoms with Crippen molar-refractivity contribution in [2.75, 3.05) is 20.1 Å². The SMILES string of the molecule is CN1CCC2(CC2)C(=O)C1. The van der Waals surface area contributed by atoms with Crippen molar-refractivity contribution in [1.82, 2.24) is 4.90 Å². The summed E-state index contributed by atoms with van der Waals surface area (Å²) in [4.78, 5) is 13.5. The van der Waals surface area contributed by atoms with E-state index in [1.807, 2.05) is 7.05 Å². The molecule has 10 heavy (non-hydrogen) atoms. The smallest absolute Gasteiger partial charge is 0.152 e. The zero-order valence-electron chi connectivity index (χ0n) is 6.39. The Morgan fingerprint density at radius 2 is 2.10 bits per heavy atom. The summed E-state index contributed by atoms with van der Waals surface area (Å²) in [7, 11) is 2.02. The average Bonchev–Trinajstić information content (AvgIpc) is 2.62. The highest BCUT2D eigenvalue weighted by molar-refractivity contribution is 5.89. The lowest BCUT2D eigenvalue weighted by molar-refractivity contribution is -0.127. The molecule has 2 rings (SSSR count). The van der Waals surface area contributed by atoms with E-state index >= 15 is 0 Å². The first kappa shape index (κ1) is 6.35. The topological polar surface area (TPSA) is 20.3 Å². The van der Waals surface area contributed by atoms with Crippen molar-refractivity contribution in [3.63, 3.8) is 0 Å². The molecule has 1 aliphatic heterocycles. The van der Waals surface area contributed by atoms with Gasteiger partial charge < -0.3 is 0 Å². The number of Topliss-reactive ketones (excluding diaryl/α,β-unsaturated/α-hetero) is 1. The van der Waals surface area contributed by atoms with Crippen LogP contribution in [0.1, 0.15) is 19.3 Å². The molecule has 56 valence electrons. The van der Waals surface area contributed by atoms with Crippen molar-refractivity contribution in [2.24, 2.45) is 5.41 Å². The van der Waals surface area contributed by atoms with Crippen LogP contribution in [0.15, 0.2) is 0 Å².